The van der Waals surface area contributed by atoms with E-state index in [1.807, 2.05) is 6.07 Å². The number of hydrogen-bond acceptors (Lipinski definition) is 7. The Kier molecular flexibility index (Phi) is 5.90. The van der Waals surface area contributed by atoms with E-state index in [4.69, 9.17) is 0 Å². The summed E-state index contributed by atoms with van der Waals surface area (Å²) in [6, 6.07) is 5.86. The van der Waals surface area contributed by atoms with Crippen LogP contribution in [0.15, 0.2) is 35.5 Å². The molecule has 2 saturated heterocycles. The van der Waals surface area contributed by atoms with Crippen molar-refractivity contribution in [3.63, 3.8) is 0 Å². The molecule has 0 aliphatic carbocycles. The van der Waals surface area contributed by atoms with Crippen LogP contribution < -0.4 is 9.80 Å². The molecule has 0 bridgehead atoms. The fourth-order valence-corrected chi connectivity index (χ4v) is 5.53. The number of hydrogen-bond donors (Lipinski definition) is 0. The molecular weight excluding hydrogens is 407 g/mol. The summed E-state index contributed by atoms with van der Waals surface area (Å²) in [5.41, 5.74) is 0.548. The Hall–Kier alpha value is -2.30. The minimum atomic E-state index is -3.73. The van der Waals surface area contributed by atoms with E-state index in [9.17, 15) is 12.8 Å². The standard InChI is InChI=1S/C20H27FN6O2S/c1-16-3-4-17(21)13-18(16)30(28,29)27-11-9-26(10-12-27)20-14-19(22-15-23-20)25-7-5-24(2)6-8-25/h3-4,13-15H,5-12H2,1-2H3. The molecule has 1 aromatic carbocycles. The van der Waals surface area contributed by atoms with Crippen molar-refractivity contribution in [2.24, 2.45) is 0 Å². The molecule has 2 aromatic rings. The summed E-state index contributed by atoms with van der Waals surface area (Å²) in [4.78, 5) is 15.5. The number of halogens is 1. The van der Waals surface area contributed by atoms with Crippen LogP contribution in [0.1, 0.15) is 5.56 Å². The maximum absolute atomic E-state index is 13.6. The van der Waals surface area contributed by atoms with Gasteiger partial charge in [0.1, 0.15) is 23.8 Å². The molecular formula is C20H27FN6O2S. The van der Waals surface area contributed by atoms with Gasteiger partial charge in [0.15, 0.2) is 0 Å². The van der Waals surface area contributed by atoms with Gasteiger partial charge in [0.05, 0.1) is 4.90 Å². The van der Waals surface area contributed by atoms with Crippen LogP contribution in [0, 0.1) is 12.7 Å². The number of piperazine rings is 2. The van der Waals surface area contributed by atoms with Crippen molar-refractivity contribution in [1.82, 2.24) is 19.2 Å². The zero-order valence-corrected chi connectivity index (χ0v) is 18.1. The van der Waals surface area contributed by atoms with Gasteiger partial charge in [0.25, 0.3) is 0 Å². The molecule has 2 aliphatic heterocycles. The maximum Gasteiger partial charge on any atom is 0.243 e. The second-order valence-electron chi connectivity index (χ2n) is 7.83. The lowest BCUT2D eigenvalue weighted by Crippen LogP contribution is -2.49. The summed E-state index contributed by atoms with van der Waals surface area (Å²) < 4.78 is 41.0. The van der Waals surface area contributed by atoms with Gasteiger partial charge < -0.3 is 14.7 Å². The third-order valence-corrected chi connectivity index (χ3v) is 7.84. The largest absolute Gasteiger partial charge is 0.354 e. The zero-order chi connectivity index (χ0) is 21.3. The summed E-state index contributed by atoms with van der Waals surface area (Å²) in [5.74, 6) is 1.16. The Morgan fingerprint density at radius 2 is 1.43 bits per heavy atom. The van der Waals surface area contributed by atoms with Crippen LogP contribution in [0.4, 0.5) is 16.0 Å². The molecule has 4 rings (SSSR count). The highest BCUT2D eigenvalue weighted by Crippen LogP contribution is 2.24. The van der Waals surface area contributed by atoms with Crippen LogP contribution in [0.5, 0.6) is 0 Å². The van der Waals surface area contributed by atoms with E-state index in [1.54, 1.807) is 13.3 Å². The minimum absolute atomic E-state index is 0.0374. The second kappa shape index (κ2) is 8.44. The van der Waals surface area contributed by atoms with Crippen molar-refractivity contribution in [1.29, 1.82) is 0 Å². The molecule has 10 heteroatoms. The molecule has 2 aliphatic rings. The fraction of sp³-hybridized carbons (Fsp3) is 0.500. The molecule has 0 saturated carbocycles. The summed E-state index contributed by atoms with van der Waals surface area (Å²) in [5, 5.41) is 0. The molecule has 162 valence electrons. The average molecular weight is 435 g/mol. The second-order valence-corrected chi connectivity index (χ2v) is 9.73. The first-order valence-corrected chi connectivity index (χ1v) is 11.6. The SMILES string of the molecule is Cc1ccc(F)cc1S(=O)(=O)N1CCN(c2cc(N3CCN(C)CC3)ncn2)CC1. The molecule has 2 fully saturated rings. The Morgan fingerprint density at radius 3 is 2.03 bits per heavy atom. The summed E-state index contributed by atoms with van der Waals surface area (Å²) in [6.07, 6.45) is 1.57. The van der Waals surface area contributed by atoms with Gasteiger partial charge in [-0.15, -0.1) is 0 Å². The zero-order valence-electron chi connectivity index (χ0n) is 17.3. The number of sulfonamides is 1. The fourth-order valence-electron chi connectivity index (χ4n) is 3.87. The van der Waals surface area contributed by atoms with E-state index in [2.05, 4.69) is 31.7 Å². The highest BCUT2D eigenvalue weighted by atomic mass is 32.2. The highest BCUT2D eigenvalue weighted by molar-refractivity contribution is 7.89. The Bertz CT molecular complexity index is 1000. The molecule has 8 nitrogen and oxygen atoms in total. The molecule has 0 N–H and O–H groups in total. The van der Waals surface area contributed by atoms with Gasteiger partial charge in [-0.05, 0) is 31.7 Å². The van der Waals surface area contributed by atoms with Gasteiger partial charge in [-0.3, -0.25) is 0 Å². The van der Waals surface area contributed by atoms with Crippen LogP contribution in [0.25, 0.3) is 0 Å². The van der Waals surface area contributed by atoms with E-state index in [0.717, 1.165) is 43.9 Å². The van der Waals surface area contributed by atoms with Crippen molar-refractivity contribution in [3.05, 3.63) is 42.0 Å². The molecule has 0 amide bonds. The van der Waals surface area contributed by atoms with Crippen molar-refractivity contribution in [2.45, 2.75) is 11.8 Å². The first kappa shape index (κ1) is 21.0. The van der Waals surface area contributed by atoms with Crippen LogP contribution >= 0.6 is 0 Å². The molecule has 0 radical (unpaired) electrons. The van der Waals surface area contributed by atoms with Crippen LogP contribution in [0.3, 0.4) is 0 Å². The molecule has 0 unspecified atom stereocenters. The number of aromatic nitrogens is 2. The summed E-state index contributed by atoms with van der Waals surface area (Å²) in [7, 11) is -1.62. The monoisotopic (exact) mass is 434 g/mol. The van der Waals surface area contributed by atoms with Crippen molar-refractivity contribution < 1.29 is 12.8 Å². The number of benzene rings is 1. The quantitative estimate of drug-likeness (QED) is 0.716. The van der Waals surface area contributed by atoms with E-state index < -0.39 is 15.8 Å². The number of anilines is 2. The first-order valence-electron chi connectivity index (χ1n) is 10.1. The smallest absolute Gasteiger partial charge is 0.243 e. The molecule has 0 atom stereocenters. The van der Waals surface area contributed by atoms with E-state index in [1.165, 1.54) is 16.4 Å². The lowest BCUT2D eigenvalue weighted by atomic mass is 10.2. The third-order valence-electron chi connectivity index (χ3n) is 5.80. The Morgan fingerprint density at radius 1 is 0.867 bits per heavy atom. The summed E-state index contributed by atoms with van der Waals surface area (Å²) >= 11 is 0. The van der Waals surface area contributed by atoms with Gasteiger partial charge in [-0.25, -0.2) is 22.8 Å². The van der Waals surface area contributed by atoms with E-state index in [0.29, 0.717) is 31.7 Å². The predicted molar refractivity (Wildman–Crippen MR) is 114 cm³/mol. The first-order chi connectivity index (χ1) is 14.3. The maximum atomic E-state index is 13.6. The van der Waals surface area contributed by atoms with Gasteiger partial charge in [-0.2, -0.15) is 4.31 Å². The highest BCUT2D eigenvalue weighted by Gasteiger charge is 2.30. The van der Waals surface area contributed by atoms with Crippen molar-refractivity contribution in [2.75, 3.05) is 69.2 Å². The normalized spacial score (nSPS) is 19.3. The third kappa shape index (κ3) is 4.26. The number of aryl methyl sites for hydroxylation is 1. The molecule has 0 spiro atoms. The topological polar surface area (TPSA) is 72.9 Å². The lowest BCUT2D eigenvalue weighted by Gasteiger charge is -2.36. The van der Waals surface area contributed by atoms with Crippen molar-refractivity contribution in [3.8, 4) is 0 Å². The number of nitrogens with zero attached hydrogens (tertiary/aromatic N) is 6. The summed E-state index contributed by atoms with van der Waals surface area (Å²) in [6.45, 7) is 7.21. The van der Waals surface area contributed by atoms with Gasteiger partial charge >= 0.3 is 0 Å². The predicted octanol–water partition coefficient (Wildman–Crippen LogP) is 1.19. The van der Waals surface area contributed by atoms with Gasteiger partial charge in [0.2, 0.25) is 10.0 Å². The number of rotatable bonds is 4. The van der Waals surface area contributed by atoms with Crippen LogP contribution in [-0.2, 0) is 10.0 Å². The minimum Gasteiger partial charge on any atom is -0.354 e. The average Bonchev–Trinajstić information content (AvgIpc) is 2.76. The Balaban J connectivity index is 1.45. The van der Waals surface area contributed by atoms with E-state index >= 15 is 0 Å². The molecule has 30 heavy (non-hydrogen) atoms. The van der Waals surface area contributed by atoms with Crippen LogP contribution in [0.2, 0.25) is 0 Å². The van der Waals surface area contributed by atoms with E-state index in [-0.39, 0.29) is 4.90 Å². The van der Waals surface area contributed by atoms with Gasteiger partial charge in [-0.1, -0.05) is 6.07 Å². The van der Waals surface area contributed by atoms with Gasteiger partial charge in [0, 0.05) is 58.4 Å². The number of likely N-dealkylation sites (N-methyl/N-ethyl adjacent to an activating group) is 1. The Labute approximate surface area is 177 Å². The lowest BCUT2D eigenvalue weighted by molar-refractivity contribution is 0.312. The molecule has 3 heterocycles. The molecule has 1 aromatic heterocycles. The van der Waals surface area contributed by atoms with Crippen molar-refractivity contribution >= 4 is 21.7 Å². The van der Waals surface area contributed by atoms with Crippen LogP contribution in [-0.4, -0.2) is 87.0 Å².